The van der Waals surface area contributed by atoms with Crippen molar-refractivity contribution in [2.75, 3.05) is 18.4 Å². The third-order valence-electron chi connectivity index (χ3n) is 5.48. The van der Waals surface area contributed by atoms with Crippen molar-refractivity contribution in [3.63, 3.8) is 0 Å². The maximum Gasteiger partial charge on any atom is 0.255 e. The molecule has 1 amide bonds. The third kappa shape index (κ3) is 5.50. The van der Waals surface area contributed by atoms with Crippen LogP contribution >= 0.6 is 0 Å². The summed E-state index contributed by atoms with van der Waals surface area (Å²) < 4.78 is 29.2. The van der Waals surface area contributed by atoms with Crippen LogP contribution in [0.3, 0.4) is 0 Å². The van der Waals surface area contributed by atoms with E-state index in [1.165, 1.54) is 18.2 Å². The normalized spacial score (nSPS) is 17.0. The molecule has 29 heavy (non-hydrogen) atoms. The number of hydrogen-bond acceptors (Lipinski definition) is 3. The van der Waals surface area contributed by atoms with Gasteiger partial charge in [0, 0.05) is 17.3 Å². The Balaban J connectivity index is 1.66. The van der Waals surface area contributed by atoms with Gasteiger partial charge in [0.05, 0.1) is 4.90 Å². The lowest BCUT2D eigenvalue weighted by atomic mass is 9.92. The van der Waals surface area contributed by atoms with Crippen LogP contribution in [0.15, 0.2) is 41.3 Å². The van der Waals surface area contributed by atoms with E-state index in [0.717, 1.165) is 31.5 Å². The summed E-state index contributed by atoms with van der Waals surface area (Å²) >= 11 is 0. The molecule has 156 valence electrons. The number of carbonyl (C=O) groups excluding carboxylic acids is 1. The fourth-order valence-electron chi connectivity index (χ4n) is 3.64. The maximum atomic E-state index is 13.3. The first-order valence-electron chi connectivity index (χ1n) is 9.92. The van der Waals surface area contributed by atoms with Crippen molar-refractivity contribution in [2.24, 2.45) is 5.92 Å². The second-order valence-corrected chi connectivity index (χ2v) is 8.90. The van der Waals surface area contributed by atoms with Gasteiger partial charge in [0.15, 0.2) is 0 Å². The van der Waals surface area contributed by atoms with E-state index in [1.54, 1.807) is 19.1 Å². The minimum absolute atomic E-state index is 0.166. The molecule has 1 aliphatic heterocycles. The van der Waals surface area contributed by atoms with Crippen LogP contribution in [0.25, 0.3) is 0 Å². The zero-order chi connectivity index (χ0) is 21.0. The number of rotatable bonds is 6. The standard InChI is InChI=1S/C22H28FN3O2S/c1-14-12-18(23)4-6-20(14)22(27)25-21-7-5-19(13-15(21)2)29(28)26-16(3)17-8-10-24-11-9-17/h4-7,12-13,16-17,24,26H,8-11H2,1-3H3,(H,25,27)/t16-,29?/m1/s1. The van der Waals surface area contributed by atoms with Crippen LogP contribution in [0, 0.1) is 25.6 Å². The zero-order valence-electron chi connectivity index (χ0n) is 17.0. The summed E-state index contributed by atoms with van der Waals surface area (Å²) in [4.78, 5) is 13.2. The largest absolute Gasteiger partial charge is 0.322 e. The van der Waals surface area contributed by atoms with Crippen LogP contribution < -0.4 is 15.4 Å². The van der Waals surface area contributed by atoms with Gasteiger partial charge < -0.3 is 10.6 Å². The number of halogens is 1. The summed E-state index contributed by atoms with van der Waals surface area (Å²) in [6.45, 7) is 7.66. The Kier molecular flexibility index (Phi) is 7.16. The molecular weight excluding hydrogens is 389 g/mol. The smallest absolute Gasteiger partial charge is 0.255 e. The predicted molar refractivity (Wildman–Crippen MR) is 115 cm³/mol. The fourth-order valence-corrected chi connectivity index (χ4v) is 4.78. The van der Waals surface area contributed by atoms with Crippen molar-refractivity contribution in [1.29, 1.82) is 0 Å². The van der Waals surface area contributed by atoms with Crippen molar-refractivity contribution in [3.8, 4) is 0 Å². The monoisotopic (exact) mass is 417 g/mol. The van der Waals surface area contributed by atoms with Crippen molar-refractivity contribution in [2.45, 2.75) is 44.6 Å². The van der Waals surface area contributed by atoms with Gasteiger partial charge in [-0.05, 0) is 100 Å². The fraction of sp³-hybridized carbons (Fsp3) is 0.409. The Morgan fingerprint density at radius 2 is 1.86 bits per heavy atom. The summed E-state index contributed by atoms with van der Waals surface area (Å²) in [5.41, 5.74) is 2.47. The predicted octanol–water partition coefficient (Wildman–Crippen LogP) is 3.70. The molecule has 1 fully saturated rings. The minimum Gasteiger partial charge on any atom is -0.322 e. The minimum atomic E-state index is -1.31. The lowest BCUT2D eigenvalue weighted by molar-refractivity contribution is 0.102. The molecule has 0 saturated carbocycles. The highest BCUT2D eigenvalue weighted by Gasteiger charge is 2.22. The Hall–Kier alpha value is -2.09. The van der Waals surface area contributed by atoms with Crippen LogP contribution in [-0.2, 0) is 11.0 Å². The molecule has 1 heterocycles. The molecule has 0 bridgehead atoms. The van der Waals surface area contributed by atoms with Gasteiger partial charge in [0.1, 0.15) is 16.8 Å². The van der Waals surface area contributed by atoms with Crippen LogP contribution in [-0.4, -0.2) is 29.2 Å². The number of hydrogen-bond donors (Lipinski definition) is 3. The van der Waals surface area contributed by atoms with E-state index in [0.29, 0.717) is 27.6 Å². The van der Waals surface area contributed by atoms with Crippen LogP contribution in [0.2, 0.25) is 0 Å². The molecule has 3 N–H and O–H groups in total. The van der Waals surface area contributed by atoms with Gasteiger partial charge in [-0.1, -0.05) is 0 Å². The van der Waals surface area contributed by atoms with Crippen LogP contribution in [0.5, 0.6) is 0 Å². The van der Waals surface area contributed by atoms with Crippen molar-refractivity contribution in [1.82, 2.24) is 10.0 Å². The van der Waals surface area contributed by atoms with Gasteiger partial charge in [-0.2, -0.15) is 0 Å². The zero-order valence-corrected chi connectivity index (χ0v) is 17.9. The second kappa shape index (κ2) is 9.61. The summed E-state index contributed by atoms with van der Waals surface area (Å²) in [6, 6.07) is 9.60. The van der Waals surface area contributed by atoms with Crippen LogP contribution in [0.4, 0.5) is 10.1 Å². The highest BCUT2D eigenvalue weighted by molar-refractivity contribution is 7.83. The molecular formula is C22H28FN3O2S. The molecule has 1 aliphatic rings. The summed E-state index contributed by atoms with van der Waals surface area (Å²) in [7, 11) is -1.31. The molecule has 1 unspecified atom stereocenters. The summed E-state index contributed by atoms with van der Waals surface area (Å²) in [5.74, 6) is -0.149. The number of benzene rings is 2. The quantitative estimate of drug-likeness (QED) is 0.671. The van der Waals surface area contributed by atoms with E-state index < -0.39 is 11.0 Å². The first-order valence-corrected chi connectivity index (χ1v) is 11.1. The highest BCUT2D eigenvalue weighted by atomic mass is 32.2. The van der Waals surface area contributed by atoms with Crippen molar-refractivity contribution < 1.29 is 13.4 Å². The molecule has 2 aromatic carbocycles. The highest BCUT2D eigenvalue weighted by Crippen LogP contribution is 2.22. The Labute approximate surface area is 174 Å². The number of piperidine rings is 1. The number of carbonyl (C=O) groups is 1. The van der Waals surface area contributed by atoms with E-state index in [-0.39, 0.29) is 17.8 Å². The molecule has 0 radical (unpaired) electrons. The Bertz CT molecular complexity index is 913. The number of anilines is 1. The SMILES string of the molecule is Cc1cc(S(=O)N[C@H](C)C2CCNCC2)ccc1NC(=O)c1ccc(F)cc1C. The molecule has 2 aromatic rings. The topological polar surface area (TPSA) is 70.2 Å². The molecule has 5 nitrogen and oxygen atoms in total. The molecule has 3 rings (SSSR count). The Morgan fingerprint density at radius 3 is 2.52 bits per heavy atom. The molecule has 7 heteroatoms. The maximum absolute atomic E-state index is 13.3. The third-order valence-corrected chi connectivity index (χ3v) is 6.75. The van der Waals surface area contributed by atoms with Crippen molar-refractivity contribution in [3.05, 3.63) is 58.9 Å². The molecule has 0 aliphatic carbocycles. The average molecular weight is 418 g/mol. The number of amides is 1. The van der Waals surface area contributed by atoms with Gasteiger partial charge in [0.25, 0.3) is 5.91 Å². The van der Waals surface area contributed by atoms with Crippen LogP contribution in [0.1, 0.15) is 41.3 Å². The van der Waals surface area contributed by atoms with Crippen molar-refractivity contribution >= 4 is 22.6 Å². The number of aryl methyl sites for hydroxylation is 2. The molecule has 2 atom stereocenters. The first-order chi connectivity index (χ1) is 13.8. The lowest BCUT2D eigenvalue weighted by Crippen LogP contribution is -2.40. The number of nitrogens with one attached hydrogen (secondary N) is 3. The molecule has 1 saturated heterocycles. The average Bonchev–Trinajstić information content (AvgIpc) is 2.70. The summed E-state index contributed by atoms with van der Waals surface area (Å²) in [6.07, 6.45) is 2.16. The van der Waals surface area contributed by atoms with Gasteiger partial charge in [-0.15, -0.1) is 0 Å². The summed E-state index contributed by atoms with van der Waals surface area (Å²) in [5, 5.41) is 6.20. The van der Waals surface area contributed by atoms with E-state index in [9.17, 15) is 13.4 Å². The second-order valence-electron chi connectivity index (χ2n) is 7.65. The van der Waals surface area contributed by atoms with Gasteiger partial charge in [0.2, 0.25) is 0 Å². The van der Waals surface area contributed by atoms with E-state index in [4.69, 9.17) is 0 Å². The van der Waals surface area contributed by atoms with E-state index in [2.05, 4.69) is 22.3 Å². The Morgan fingerprint density at radius 1 is 1.14 bits per heavy atom. The lowest BCUT2D eigenvalue weighted by Gasteiger charge is -2.28. The van der Waals surface area contributed by atoms with Gasteiger partial charge in [-0.25, -0.2) is 13.3 Å². The van der Waals surface area contributed by atoms with E-state index >= 15 is 0 Å². The molecule has 0 aromatic heterocycles. The van der Waals surface area contributed by atoms with Gasteiger partial charge >= 0.3 is 0 Å². The molecule has 0 spiro atoms. The first kappa shape index (κ1) is 21.6. The van der Waals surface area contributed by atoms with E-state index in [1.807, 2.05) is 13.0 Å². The van der Waals surface area contributed by atoms with Gasteiger partial charge in [-0.3, -0.25) is 4.79 Å².